The van der Waals surface area contributed by atoms with Crippen LogP contribution in [0.5, 0.6) is 11.5 Å². The summed E-state index contributed by atoms with van der Waals surface area (Å²) in [7, 11) is 0. The van der Waals surface area contributed by atoms with Crippen LogP contribution in [0.25, 0.3) is 22.6 Å². The van der Waals surface area contributed by atoms with Crippen LogP contribution in [0, 0.1) is 13.8 Å². The summed E-state index contributed by atoms with van der Waals surface area (Å²) < 4.78 is 6.01. The zero-order valence-corrected chi connectivity index (χ0v) is 11.9. The highest BCUT2D eigenvalue weighted by atomic mass is 16.3. The Labute approximate surface area is 123 Å². The van der Waals surface area contributed by atoms with Crippen LogP contribution in [0.2, 0.25) is 0 Å². The summed E-state index contributed by atoms with van der Waals surface area (Å²) in [5.41, 5.74) is 3.72. The molecule has 2 N–H and O–H groups in total. The zero-order valence-electron chi connectivity index (χ0n) is 11.9. The maximum absolute atomic E-state index is 9.62. The predicted octanol–water partition coefficient (Wildman–Crippen LogP) is 4.64. The quantitative estimate of drug-likeness (QED) is 0.719. The second-order valence-electron chi connectivity index (χ2n) is 5.11. The Hall–Kier alpha value is -2.68. The maximum Gasteiger partial charge on any atom is 0.138 e. The van der Waals surface area contributed by atoms with Gasteiger partial charge in [0.2, 0.25) is 0 Å². The largest absolute Gasteiger partial charge is 0.508 e. The minimum Gasteiger partial charge on any atom is -0.508 e. The summed E-state index contributed by atoms with van der Waals surface area (Å²) in [6, 6.07) is 14.0. The van der Waals surface area contributed by atoms with Crippen LogP contribution >= 0.6 is 0 Å². The van der Waals surface area contributed by atoms with E-state index < -0.39 is 0 Å². The molecule has 0 bridgehead atoms. The number of benzene rings is 2. The van der Waals surface area contributed by atoms with Gasteiger partial charge in [-0.25, -0.2) is 0 Å². The van der Waals surface area contributed by atoms with E-state index in [0.717, 1.165) is 33.8 Å². The SMILES string of the molecule is Cc1c(-c2cccc(O)c2)oc(-c2cccc(O)c2)c1C. The minimum atomic E-state index is 0.208. The molecule has 3 heteroatoms. The molecule has 0 fully saturated rings. The first-order chi connectivity index (χ1) is 10.1. The van der Waals surface area contributed by atoms with E-state index >= 15 is 0 Å². The lowest BCUT2D eigenvalue weighted by Crippen LogP contribution is -1.79. The molecule has 0 atom stereocenters. The van der Waals surface area contributed by atoms with E-state index in [1.807, 2.05) is 26.0 Å². The number of hydrogen-bond donors (Lipinski definition) is 2. The first-order valence-electron chi connectivity index (χ1n) is 6.75. The average Bonchev–Trinajstić information content (AvgIpc) is 2.75. The summed E-state index contributed by atoms with van der Waals surface area (Å²) in [5.74, 6) is 1.89. The van der Waals surface area contributed by atoms with E-state index in [4.69, 9.17) is 4.42 Å². The smallest absolute Gasteiger partial charge is 0.138 e. The Morgan fingerprint density at radius 2 is 1.14 bits per heavy atom. The number of phenols is 2. The molecular formula is C18H16O3. The van der Waals surface area contributed by atoms with Gasteiger partial charge in [-0.05, 0) is 49.2 Å². The van der Waals surface area contributed by atoms with E-state index in [1.54, 1.807) is 36.4 Å². The molecular weight excluding hydrogens is 264 g/mol. The van der Waals surface area contributed by atoms with Crippen molar-refractivity contribution in [1.29, 1.82) is 0 Å². The van der Waals surface area contributed by atoms with Crippen molar-refractivity contribution in [2.45, 2.75) is 13.8 Å². The van der Waals surface area contributed by atoms with Crippen LogP contribution in [-0.2, 0) is 0 Å². The highest BCUT2D eigenvalue weighted by molar-refractivity contribution is 5.73. The van der Waals surface area contributed by atoms with E-state index in [2.05, 4.69) is 0 Å². The van der Waals surface area contributed by atoms with Crippen LogP contribution in [-0.4, -0.2) is 10.2 Å². The van der Waals surface area contributed by atoms with Gasteiger partial charge in [0.1, 0.15) is 23.0 Å². The number of rotatable bonds is 2. The predicted molar refractivity (Wildman–Crippen MR) is 82.4 cm³/mol. The van der Waals surface area contributed by atoms with E-state index in [-0.39, 0.29) is 11.5 Å². The highest BCUT2D eigenvalue weighted by Gasteiger charge is 2.17. The van der Waals surface area contributed by atoms with Crippen molar-refractivity contribution in [3.63, 3.8) is 0 Å². The average molecular weight is 280 g/mol. The van der Waals surface area contributed by atoms with Gasteiger partial charge < -0.3 is 14.6 Å². The third kappa shape index (κ3) is 2.38. The van der Waals surface area contributed by atoms with Crippen molar-refractivity contribution in [1.82, 2.24) is 0 Å². The van der Waals surface area contributed by atoms with Crippen molar-refractivity contribution in [3.05, 3.63) is 59.7 Å². The molecule has 21 heavy (non-hydrogen) atoms. The standard InChI is InChI=1S/C18H16O3/c1-11-12(2)18(14-6-4-8-16(20)10-14)21-17(11)13-5-3-7-15(19)9-13/h3-10,19-20H,1-2H3. The first-order valence-corrected chi connectivity index (χ1v) is 6.75. The fourth-order valence-corrected chi connectivity index (χ4v) is 2.44. The molecule has 0 saturated heterocycles. The van der Waals surface area contributed by atoms with Gasteiger partial charge in [0.15, 0.2) is 0 Å². The van der Waals surface area contributed by atoms with Crippen molar-refractivity contribution in [2.24, 2.45) is 0 Å². The Morgan fingerprint density at radius 3 is 1.52 bits per heavy atom. The highest BCUT2D eigenvalue weighted by Crippen LogP contribution is 2.37. The number of furan rings is 1. The summed E-state index contributed by atoms with van der Waals surface area (Å²) in [6.07, 6.45) is 0. The molecule has 1 aromatic heterocycles. The molecule has 0 spiro atoms. The molecule has 3 aromatic rings. The molecule has 0 aliphatic rings. The molecule has 0 aliphatic heterocycles. The van der Waals surface area contributed by atoms with Crippen molar-refractivity contribution < 1.29 is 14.6 Å². The number of hydrogen-bond acceptors (Lipinski definition) is 3. The molecule has 0 amide bonds. The normalized spacial score (nSPS) is 10.8. The van der Waals surface area contributed by atoms with Crippen molar-refractivity contribution in [3.8, 4) is 34.1 Å². The van der Waals surface area contributed by atoms with Crippen LogP contribution in [0.3, 0.4) is 0 Å². The molecule has 3 nitrogen and oxygen atoms in total. The fourth-order valence-electron chi connectivity index (χ4n) is 2.44. The van der Waals surface area contributed by atoms with Crippen molar-refractivity contribution >= 4 is 0 Å². The molecule has 2 aromatic carbocycles. The second-order valence-corrected chi connectivity index (χ2v) is 5.11. The molecule has 106 valence electrons. The molecule has 0 radical (unpaired) electrons. The Bertz CT molecular complexity index is 734. The lowest BCUT2D eigenvalue weighted by Gasteiger charge is -2.01. The first kappa shape index (κ1) is 13.3. The lowest BCUT2D eigenvalue weighted by molar-refractivity contribution is 0.475. The van der Waals surface area contributed by atoms with Gasteiger partial charge in [-0.15, -0.1) is 0 Å². The van der Waals surface area contributed by atoms with Gasteiger partial charge in [-0.1, -0.05) is 24.3 Å². The van der Waals surface area contributed by atoms with Gasteiger partial charge in [0, 0.05) is 11.1 Å². The second kappa shape index (κ2) is 5.02. The topological polar surface area (TPSA) is 53.6 Å². The monoisotopic (exact) mass is 280 g/mol. The minimum absolute atomic E-state index is 0.208. The van der Waals surface area contributed by atoms with Gasteiger partial charge in [0.05, 0.1) is 0 Å². The van der Waals surface area contributed by atoms with Gasteiger partial charge in [-0.3, -0.25) is 0 Å². The van der Waals surface area contributed by atoms with E-state index in [1.165, 1.54) is 0 Å². The van der Waals surface area contributed by atoms with Gasteiger partial charge >= 0.3 is 0 Å². The van der Waals surface area contributed by atoms with Crippen molar-refractivity contribution in [2.75, 3.05) is 0 Å². The Balaban J connectivity index is 2.16. The molecule has 0 aliphatic carbocycles. The van der Waals surface area contributed by atoms with Gasteiger partial charge in [-0.2, -0.15) is 0 Å². The third-order valence-corrected chi connectivity index (χ3v) is 3.66. The summed E-state index contributed by atoms with van der Waals surface area (Å²) in [5, 5.41) is 19.2. The summed E-state index contributed by atoms with van der Waals surface area (Å²) in [4.78, 5) is 0. The fraction of sp³-hybridized carbons (Fsp3) is 0.111. The van der Waals surface area contributed by atoms with Crippen LogP contribution in [0.1, 0.15) is 11.1 Å². The molecule has 0 saturated carbocycles. The summed E-state index contributed by atoms with van der Waals surface area (Å²) >= 11 is 0. The maximum atomic E-state index is 9.62. The van der Waals surface area contributed by atoms with Crippen LogP contribution in [0.4, 0.5) is 0 Å². The molecule has 3 rings (SSSR count). The Kier molecular flexibility index (Phi) is 3.18. The van der Waals surface area contributed by atoms with E-state index in [0.29, 0.717) is 0 Å². The molecule has 0 unspecified atom stereocenters. The summed E-state index contributed by atoms with van der Waals surface area (Å²) in [6.45, 7) is 3.98. The van der Waals surface area contributed by atoms with Crippen LogP contribution in [0.15, 0.2) is 52.9 Å². The number of phenolic OH excluding ortho intramolecular Hbond substituents is 2. The zero-order chi connectivity index (χ0) is 15.0. The number of aromatic hydroxyl groups is 2. The molecule has 1 heterocycles. The van der Waals surface area contributed by atoms with Crippen LogP contribution < -0.4 is 0 Å². The van der Waals surface area contributed by atoms with E-state index in [9.17, 15) is 10.2 Å². The Morgan fingerprint density at radius 1 is 0.714 bits per heavy atom. The van der Waals surface area contributed by atoms with Gasteiger partial charge in [0.25, 0.3) is 0 Å². The third-order valence-electron chi connectivity index (χ3n) is 3.66. The lowest BCUT2D eigenvalue weighted by atomic mass is 10.0.